The standard InChI is InChI=1S/C16H14N2O2S/c1-20-15(19)12-6-4-5-11(9-12)10-21-16-17-13-7-2-3-8-14(13)18-16/h2-9H,10H2,1H3,(H,17,18)/p+1. The third-order valence-electron chi connectivity index (χ3n) is 3.15. The van der Waals surface area contributed by atoms with Crippen LogP contribution in [0.2, 0.25) is 0 Å². The number of H-pyrrole nitrogens is 2. The molecule has 2 N–H and O–H groups in total. The first-order chi connectivity index (χ1) is 10.3. The quantitative estimate of drug-likeness (QED) is 0.595. The van der Waals surface area contributed by atoms with Crippen LogP contribution in [0.1, 0.15) is 15.9 Å². The zero-order valence-corrected chi connectivity index (χ0v) is 12.4. The number of para-hydroxylation sites is 2. The lowest BCUT2D eigenvalue weighted by Gasteiger charge is -2.01. The summed E-state index contributed by atoms with van der Waals surface area (Å²) < 4.78 is 4.74. The number of carbonyl (C=O) groups excluding carboxylic acids is 1. The number of hydrogen-bond acceptors (Lipinski definition) is 3. The van der Waals surface area contributed by atoms with Crippen molar-refractivity contribution in [1.29, 1.82) is 0 Å². The van der Waals surface area contributed by atoms with Crippen molar-refractivity contribution >= 4 is 28.8 Å². The molecule has 5 heteroatoms. The molecular formula is C16H15N2O2S+. The monoisotopic (exact) mass is 299 g/mol. The van der Waals surface area contributed by atoms with Gasteiger partial charge >= 0.3 is 11.1 Å². The minimum absolute atomic E-state index is 0.306. The molecule has 0 aliphatic rings. The van der Waals surface area contributed by atoms with Crippen molar-refractivity contribution in [1.82, 2.24) is 4.98 Å². The van der Waals surface area contributed by atoms with Crippen LogP contribution in [0.4, 0.5) is 0 Å². The molecule has 1 aromatic heterocycles. The number of ether oxygens (including phenoxy) is 1. The molecule has 0 aliphatic heterocycles. The number of fused-ring (bicyclic) bond motifs is 1. The van der Waals surface area contributed by atoms with Crippen molar-refractivity contribution in [2.24, 2.45) is 0 Å². The predicted octanol–water partition coefficient (Wildman–Crippen LogP) is 3.06. The van der Waals surface area contributed by atoms with Crippen molar-refractivity contribution in [3.8, 4) is 0 Å². The number of nitrogens with one attached hydrogen (secondary N) is 2. The minimum Gasteiger partial charge on any atom is -0.465 e. The third-order valence-corrected chi connectivity index (χ3v) is 4.13. The topological polar surface area (TPSA) is 56.2 Å². The molecule has 0 spiro atoms. The number of aromatic nitrogens is 2. The molecule has 0 fully saturated rings. The fourth-order valence-corrected chi connectivity index (χ4v) is 2.97. The highest BCUT2D eigenvalue weighted by atomic mass is 32.2. The van der Waals surface area contributed by atoms with Crippen LogP contribution in [0, 0.1) is 0 Å². The highest BCUT2D eigenvalue weighted by Gasteiger charge is 2.11. The average Bonchev–Trinajstić information content (AvgIpc) is 2.95. The van der Waals surface area contributed by atoms with Crippen LogP contribution in [0.3, 0.4) is 0 Å². The van der Waals surface area contributed by atoms with Gasteiger partial charge in [0.1, 0.15) is 0 Å². The molecule has 2 aromatic carbocycles. The van der Waals surface area contributed by atoms with Gasteiger partial charge in [0, 0.05) is 5.75 Å². The number of aromatic amines is 2. The third kappa shape index (κ3) is 3.08. The first-order valence-electron chi connectivity index (χ1n) is 6.56. The van der Waals surface area contributed by atoms with E-state index in [0.29, 0.717) is 5.56 Å². The Morgan fingerprint density at radius 3 is 2.90 bits per heavy atom. The Labute approximate surface area is 126 Å². The van der Waals surface area contributed by atoms with E-state index in [-0.39, 0.29) is 5.97 Å². The van der Waals surface area contributed by atoms with Crippen molar-refractivity contribution < 1.29 is 14.5 Å². The lowest BCUT2D eigenvalue weighted by Crippen LogP contribution is -2.02. The second-order valence-corrected chi connectivity index (χ2v) is 5.59. The maximum atomic E-state index is 11.5. The van der Waals surface area contributed by atoms with Gasteiger partial charge in [-0.2, -0.15) is 0 Å². The summed E-state index contributed by atoms with van der Waals surface area (Å²) in [7, 11) is 1.39. The Hall–Kier alpha value is -2.27. The molecule has 1 heterocycles. The van der Waals surface area contributed by atoms with Gasteiger partial charge in [-0.05, 0) is 41.6 Å². The number of imidazole rings is 1. The first kappa shape index (κ1) is 13.7. The summed E-state index contributed by atoms with van der Waals surface area (Å²) in [6, 6.07) is 15.6. The van der Waals surface area contributed by atoms with Crippen molar-refractivity contribution in [3.05, 3.63) is 59.7 Å². The Morgan fingerprint density at radius 2 is 2.10 bits per heavy atom. The Kier molecular flexibility index (Phi) is 3.92. The zero-order valence-electron chi connectivity index (χ0n) is 11.6. The van der Waals surface area contributed by atoms with Crippen LogP contribution >= 0.6 is 11.8 Å². The van der Waals surface area contributed by atoms with Crippen molar-refractivity contribution in [2.45, 2.75) is 10.9 Å². The predicted molar refractivity (Wildman–Crippen MR) is 82.2 cm³/mol. The molecule has 106 valence electrons. The molecule has 3 rings (SSSR count). The van der Waals surface area contributed by atoms with Crippen molar-refractivity contribution in [3.63, 3.8) is 0 Å². The van der Waals surface area contributed by atoms with Crippen LogP contribution in [0.25, 0.3) is 11.0 Å². The van der Waals surface area contributed by atoms with E-state index in [9.17, 15) is 4.79 Å². The van der Waals surface area contributed by atoms with Crippen LogP contribution in [-0.2, 0) is 10.5 Å². The van der Waals surface area contributed by atoms with E-state index in [1.54, 1.807) is 17.8 Å². The van der Waals surface area contributed by atoms with E-state index in [2.05, 4.69) is 9.97 Å². The molecule has 0 saturated heterocycles. The summed E-state index contributed by atoms with van der Waals surface area (Å²) in [4.78, 5) is 18.2. The zero-order chi connectivity index (χ0) is 14.7. The first-order valence-corrected chi connectivity index (χ1v) is 7.55. The molecule has 21 heavy (non-hydrogen) atoms. The number of thioether (sulfide) groups is 1. The normalized spacial score (nSPS) is 10.7. The maximum absolute atomic E-state index is 11.5. The van der Waals surface area contributed by atoms with E-state index in [1.807, 2.05) is 42.5 Å². The van der Waals surface area contributed by atoms with Gasteiger partial charge in [0.15, 0.2) is 11.0 Å². The number of carbonyl (C=O) groups is 1. The SMILES string of the molecule is COC(=O)c1cccc(CSc2[nH]c3ccccc3[nH+]2)c1. The van der Waals surface area contributed by atoms with Gasteiger partial charge in [-0.1, -0.05) is 24.3 Å². The fourth-order valence-electron chi connectivity index (χ4n) is 2.11. The Morgan fingerprint density at radius 1 is 1.24 bits per heavy atom. The van der Waals surface area contributed by atoms with Gasteiger partial charge < -0.3 is 4.74 Å². The highest BCUT2D eigenvalue weighted by Crippen LogP contribution is 2.20. The van der Waals surface area contributed by atoms with Crippen LogP contribution in [0.5, 0.6) is 0 Å². The van der Waals surface area contributed by atoms with Gasteiger partial charge in [0.2, 0.25) is 0 Å². The molecule has 3 aromatic rings. The molecule has 0 bridgehead atoms. The Balaban J connectivity index is 1.73. The fraction of sp³-hybridized carbons (Fsp3) is 0.125. The summed E-state index contributed by atoms with van der Waals surface area (Å²) in [6.45, 7) is 0. The Bertz CT molecular complexity index is 750. The molecule has 0 unspecified atom stereocenters. The molecule has 0 radical (unpaired) electrons. The molecule has 4 nitrogen and oxygen atoms in total. The highest BCUT2D eigenvalue weighted by molar-refractivity contribution is 7.98. The molecule has 0 saturated carbocycles. The van der Waals surface area contributed by atoms with E-state index in [0.717, 1.165) is 27.5 Å². The van der Waals surface area contributed by atoms with E-state index >= 15 is 0 Å². The van der Waals surface area contributed by atoms with Gasteiger partial charge in [0.05, 0.1) is 12.7 Å². The summed E-state index contributed by atoms with van der Waals surface area (Å²) in [5.74, 6) is 0.466. The number of hydrogen-bond donors (Lipinski definition) is 1. The molecule has 0 atom stereocenters. The van der Waals surface area contributed by atoms with Crippen molar-refractivity contribution in [2.75, 3.05) is 7.11 Å². The second kappa shape index (κ2) is 6.01. The summed E-state index contributed by atoms with van der Waals surface area (Å²) in [5, 5.41) is 1.000. The number of rotatable bonds is 4. The van der Waals surface area contributed by atoms with Crippen LogP contribution < -0.4 is 4.98 Å². The van der Waals surface area contributed by atoms with Crippen LogP contribution in [0.15, 0.2) is 53.7 Å². The van der Waals surface area contributed by atoms with Gasteiger partial charge in [-0.15, -0.1) is 0 Å². The number of methoxy groups -OCH3 is 1. The van der Waals surface area contributed by atoms with Crippen LogP contribution in [-0.4, -0.2) is 18.1 Å². The summed E-state index contributed by atoms with van der Waals surface area (Å²) in [6.07, 6.45) is 0. The van der Waals surface area contributed by atoms with Gasteiger partial charge in [-0.3, -0.25) is 0 Å². The second-order valence-electron chi connectivity index (χ2n) is 4.61. The maximum Gasteiger partial charge on any atom is 0.337 e. The largest absolute Gasteiger partial charge is 0.465 e. The molecule has 0 aliphatic carbocycles. The smallest absolute Gasteiger partial charge is 0.337 e. The van der Waals surface area contributed by atoms with Gasteiger partial charge in [-0.25, -0.2) is 14.8 Å². The number of benzene rings is 2. The average molecular weight is 299 g/mol. The van der Waals surface area contributed by atoms with E-state index < -0.39 is 0 Å². The van der Waals surface area contributed by atoms with E-state index in [4.69, 9.17) is 4.74 Å². The summed E-state index contributed by atoms with van der Waals surface area (Å²) >= 11 is 1.66. The summed E-state index contributed by atoms with van der Waals surface area (Å²) in [5.41, 5.74) is 3.83. The molecular weight excluding hydrogens is 284 g/mol. The lowest BCUT2D eigenvalue weighted by atomic mass is 10.1. The minimum atomic E-state index is -0.306. The number of esters is 1. The molecule has 0 amide bonds. The van der Waals surface area contributed by atoms with E-state index in [1.165, 1.54) is 7.11 Å². The lowest BCUT2D eigenvalue weighted by molar-refractivity contribution is -0.396. The van der Waals surface area contributed by atoms with Gasteiger partial charge in [0.25, 0.3) is 0 Å².